The molecule has 1 aromatic carbocycles. The van der Waals surface area contributed by atoms with Crippen LogP contribution in [0.25, 0.3) is 0 Å². The predicted octanol–water partition coefficient (Wildman–Crippen LogP) is 3.76. The second-order valence-electron chi connectivity index (χ2n) is 6.86. The predicted molar refractivity (Wildman–Crippen MR) is 120 cm³/mol. The Hall–Kier alpha value is -1.86. The third-order valence-corrected chi connectivity index (χ3v) is 5.01. The fourth-order valence-electron chi connectivity index (χ4n) is 3.18. The number of pyridine rings is 1. The number of carbonyl (C=O) groups is 2. The average Bonchev–Trinajstić information content (AvgIpc) is 2.69. The molecule has 3 N–H and O–H groups in total. The van der Waals surface area contributed by atoms with E-state index in [0.717, 1.165) is 24.0 Å². The van der Waals surface area contributed by atoms with Gasteiger partial charge in [0.05, 0.1) is 10.9 Å². The average molecular weight is 460 g/mol. The molecular formula is C20H25Cl3N4O2. The van der Waals surface area contributed by atoms with Crippen molar-refractivity contribution in [3.63, 3.8) is 0 Å². The summed E-state index contributed by atoms with van der Waals surface area (Å²) in [6.45, 7) is 2.96. The van der Waals surface area contributed by atoms with Crippen molar-refractivity contribution in [2.24, 2.45) is 11.7 Å². The van der Waals surface area contributed by atoms with E-state index in [4.69, 9.17) is 17.3 Å². The zero-order chi connectivity index (χ0) is 19.4. The smallest absolute Gasteiger partial charge is 0.244 e. The number of hydrogen-bond donors (Lipinski definition) is 2. The van der Waals surface area contributed by atoms with E-state index in [1.807, 2.05) is 31.2 Å². The highest BCUT2D eigenvalue weighted by Gasteiger charge is 2.31. The van der Waals surface area contributed by atoms with Gasteiger partial charge < -0.3 is 16.0 Å². The van der Waals surface area contributed by atoms with E-state index < -0.39 is 6.04 Å². The van der Waals surface area contributed by atoms with Crippen LogP contribution in [0.15, 0.2) is 42.6 Å². The minimum Gasteiger partial charge on any atom is -0.340 e. The number of halogens is 3. The van der Waals surface area contributed by atoms with Crippen LogP contribution in [0.4, 0.5) is 5.82 Å². The van der Waals surface area contributed by atoms with Gasteiger partial charge in [-0.05, 0) is 37.5 Å². The summed E-state index contributed by atoms with van der Waals surface area (Å²) in [5.41, 5.74) is 8.06. The number of nitrogens with zero attached hydrogens (tertiary/aromatic N) is 2. The zero-order valence-corrected chi connectivity index (χ0v) is 18.4. The second kappa shape index (κ2) is 11.4. The summed E-state index contributed by atoms with van der Waals surface area (Å²) in [6.07, 6.45) is 2.97. The van der Waals surface area contributed by atoms with Crippen LogP contribution in [-0.2, 0) is 9.59 Å². The number of aromatic nitrogens is 1. The van der Waals surface area contributed by atoms with Crippen molar-refractivity contribution < 1.29 is 9.59 Å². The van der Waals surface area contributed by atoms with Gasteiger partial charge in [-0.2, -0.15) is 0 Å². The van der Waals surface area contributed by atoms with Crippen molar-refractivity contribution in [2.75, 3.05) is 18.4 Å². The molecule has 3 rings (SSSR count). The van der Waals surface area contributed by atoms with Gasteiger partial charge in [0.2, 0.25) is 11.8 Å². The van der Waals surface area contributed by atoms with Crippen molar-refractivity contribution in [3.05, 3.63) is 58.7 Å². The standard InChI is InChI=1S/C20H23ClN4O2.2ClH/c1-13-4-6-14(7-5-13)18(22)20(27)25-10-2-3-15(12-25)19(26)24-17-9-8-16(21)11-23-17;;/h4-9,11,15,18H,2-3,10,12,22H2,1H3,(H,23,24,26);2*1H. The lowest BCUT2D eigenvalue weighted by Gasteiger charge is -2.33. The maximum absolute atomic E-state index is 12.8. The number of anilines is 1. The van der Waals surface area contributed by atoms with E-state index in [9.17, 15) is 9.59 Å². The van der Waals surface area contributed by atoms with Gasteiger partial charge in [-0.3, -0.25) is 9.59 Å². The number of nitrogens with one attached hydrogen (secondary N) is 1. The number of amides is 2. The van der Waals surface area contributed by atoms with E-state index in [2.05, 4.69) is 10.3 Å². The lowest BCUT2D eigenvalue weighted by atomic mass is 9.95. The fourth-order valence-corrected chi connectivity index (χ4v) is 3.29. The van der Waals surface area contributed by atoms with Crippen molar-refractivity contribution >= 4 is 54.0 Å². The molecule has 2 amide bonds. The number of aryl methyl sites for hydroxylation is 1. The molecule has 1 aliphatic heterocycles. The molecule has 0 spiro atoms. The Morgan fingerprint density at radius 3 is 2.52 bits per heavy atom. The Labute approximate surface area is 188 Å². The number of carbonyl (C=O) groups excluding carboxylic acids is 2. The summed E-state index contributed by atoms with van der Waals surface area (Å²) in [5.74, 6) is -0.137. The number of likely N-dealkylation sites (tertiary alicyclic amines) is 1. The number of rotatable bonds is 4. The lowest BCUT2D eigenvalue weighted by molar-refractivity contribution is -0.136. The molecule has 0 radical (unpaired) electrons. The van der Waals surface area contributed by atoms with Crippen molar-refractivity contribution in [1.82, 2.24) is 9.88 Å². The van der Waals surface area contributed by atoms with Gasteiger partial charge in [0, 0.05) is 19.3 Å². The topological polar surface area (TPSA) is 88.3 Å². The Bertz CT molecular complexity index is 815. The van der Waals surface area contributed by atoms with E-state index in [1.54, 1.807) is 17.0 Å². The molecule has 1 fully saturated rings. The first-order valence-electron chi connectivity index (χ1n) is 8.97. The molecule has 2 heterocycles. The SMILES string of the molecule is Cc1ccc(C(N)C(=O)N2CCCC(C(=O)Nc3ccc(Cl)cn3)C2)cc1.Cl.Cl. The highest BCUT2D eigenvalue weighted by atomic mass is 35.5. The highest BCUT2D eigenvalue weighted by molar-refractivity contribution is 6.30. The summed E-state index contributed by atoms with van der Waals surface area (Å²) < 4.78 is 0. The van der Waals surface area contributed by atoms with E-state index in [1.165, 1.54) is 6.20 Å². The molecule has 2 aromatic rings. The molecule has 9 heteroatoms. The molecule has 2 unspecified atom stereocenters. The zero-order valence-electron chi connectivity index (χ0n) is 16.0. The largest absolute Gasteiger partial charge is 0.340 e. The van der Waals surface area contributed by atoms with Gasteiger partial charge in [0.15, 0.2) is 0 Å². The van der Waals surface area contributed by atoms with Crippen molar-refractivity contribution in [2.45, 2.75) is 25.8 Å². The van der Waals surface area contributed by atoms with Crippen LogP contribution in [0.2, 0.25) is 5.02 Å². The molecule has 0 saturated carbocycles. The Kier molecular flexibility index (Phi) is 9.86. The summed E-state index contributed by atoms with van der Waals surface area (Å²) in [6, 6.07) is 10.2. The lowest BCUT2D eigenvalue weighted by Crippen LogP contribution is -2.47. The molecule has 1 aliphatic rings. The summed E-state index contributed by atoms with van der Waals surface area (Å²) in [4.78, 5) is 31.1. The molecular weight excluding hydrogens is 435 g/mol. The van der Waals surface area contributed by atoms with E-state index in [0.29, 0.717) is 23.9 Å². The first-order chi connectivity index (χ1) is 12.9. The molecule has 1 saturated heterocycles. The molecule has 29 heavy (non-hydrogen) atoms. The van der Waals surface area contributed by atoms with Gasteiger partial charge in [-0.15, -0.1) is 24.8 Å². The van der Waals surface area contributed by atoms with Crippen LogP contribution >= 0.6 is 36.4 Å². The molecule has 158 valence electrons. The van der Waals surface area contributed by atoms with Gasteiger partial charge in [0.1, 0.15) is 11.9 Å². The van der Waals surface area contributed by atoms with Gasteiger partial charge in [-0.1, -0.05) is 41.4 Å². The number of piperidine rings is 1. The number of nitrogens with two attached hydrogens (primary N) is 1. The van der Waals surface area contributed by atoms with E-state index >= 15 is 0 Å². The summed E-state index contributed by atoms with van der Waals surface area (Å²) in [7, 11) is 0. The monoisotopic (exact) mass is 458 g/mol. The third-order valence-electron chi connectivity index (χ3n) is 4.79. The van der Waals surface area contributed by atoms with Crippen LogP contribution < -0.4 is 11.1 Å². The summed E-state index contributed by atoms with van der Waals surface area (Å²) >= 11 is 5.81. The van der Waals surface area contributed by atoms with Crippen LogP contribution in [-0.4, -0.2) is 34.8 Å². The van der Waals surface area contributed by atoms with E-state index in [-0.39, 0.29) is 42.5 Å². The van der Waals surface area contributed by atoms with Gasteiger partial charge >= 0.3 is 0 Å². The summed E-state index contributed by atoms with van der Waals surface area (Å²) in [5, 5.41) is 3.29. The highest BCUT2D eigenvalue weighted by Crippen LogP contribution is 2.22. The normalized spacial score (nSPS) is 16.8. The first-order valence-corrected chi connectivity index (χ1v) is 9.35. The maximum atomic E-state index is 12.8. The third kappa shape index (κ3) is 6.57. The molecule has 2 atom stereocenters. The Balaban J connectivity index is 0.00000210. The molecule has 0 bridgehead atoms. The van der Waals surface area contributed by atoms with Crippen molar-refractivity contribution in [3.8, 4) is 0 Å². The molecule has 6 nitrogen and oxygen atoms in total. The fraction of sp³-hybridized carbons (Fsp3) is 0.350. The first kappa shape index (κ1) is 25.2. The maximum Gasteiger partial charge on any atom is 0.244 e. The number of hydrogen-bond acceptors (Lipinski definition) is 4. The minimum atomic E-state index is -0.717. The van der Waals surface area contributed by atoms with Crippen LogP contribution in [0.1, 0.15) is 30.0 Å². The molecule has 0 aliphatic carbocycles. The van der Waals surface area contributed by atoms with Gasteiger partial charge in [-0.25, -0.2) is 4.98 Å². The van der Waals surface area contributed by atoms with Crippen LogP contribution in [0.3, 0.4) is 0 Å². The Morgan fingerprint density at radius 1 is 1.21 bits per heavy atom. The van der Waals surface area contributed by atoms with Crippen molar-refractivity contribution in [1.29, 1.82) is 0 Å². The Morgan fingerprint density at radius 2 is 1.90 bits per heavy atom. The second-order valence-corrected chi connectivity index (χ2v) is 7.30. The minimum absolute atomic E-state index is 0. The quantitative estimate of drug-likeness (QED) is 0.728. The van der Waals surface area contributed by atoms with Gasteiger partial charge in [0.25, 0.3) is 0 Å². The van der Waals surface area contributed by atoms with Crippen LogP contribution in [0.5, 0.6) is 0 Å². The molecule has 1 aromatic heterocycles. The van der Waals surface area contributed by atoms with Crippen LogP contribution in [0, 0.1) is 12.8 Å². The number of benzene rings is 1.